The number of rotatable bonds is 6. The lowest BCUT2D eigenvalue weighted by atomic mass is 9.66. The number of anilines is 1. The third-order valence-corrected chi connectivity index (χ3v) is 5.28. The van der Waals surface area contributed by atoms with Crippen molar-refractivity contribution in [2.75, 3.05) is 25.2 Å². The van der Waals surface area contributed by atoms with Gasteiger partial charge in [-0.2, -0.15) is 0 Å². The first-order valence-corrected chi connectivity index (χ1v) is 8.90. The average Bonchev–Trinajstić information content (AvgIpc) is 2.65. The second-order valence-corrected chi connectivity index (χ2v) is 7.21. The summed E-state index contributed by atoms with van der Waals surface area (Å²) in [6.45, 7) is 14.1. The van der Waals surface area contributed by atoms with E-state index in [0.717, 1.165) is 23.0 Å². The van der Waals surface area contributed by atoms with Gasteiger partial charge in [-0.15, -0.1) is 0 Å². The van der Waals surface area contributed by atoms with E-state index < -0.39 is 0 Å². The molecule has 0 saturated carbocycles. The quantitative estimate of drug-likeness (QED) is 0.698. The van der Waals surface area contributed by atoms with Crippen molar-refractivity contribution in [1.82, 2.24) is 0 Å². The van der Waals surface area contributed by atoms with E-state index in [1.54, 1.807) is 7.11 Å². The van der Waals surface area contributed by atoms with Crippen molar-refractivity contribution in [1.29, 1.82) is 0 Å². The van der Waals surface area contributed by atoms with Gasteiger partial charge >= 0.3 is 0 Å². The summed E-state index contributed by atoms with van der Waals surface area (Å²) < 4.78 is 17.4. The first-order chi connectivity index (χ1) is 11.8. The number of ether oxygens (including phenoxy) is 3. The number of hydrogen-bond donors (Lipinski definition) is 0. The summed E-state index contributed by atoms with van der Waals surface area (Å²) in [5.74, 6) is 2.73. The van der Waals surface area contributed by atoms with Gasteiger partial charge in [-0.05, 0) is 38.1 Å². The summed E-state index contributed by atoms with van der Waals surface area (Å²) in [5.41, 5.74) is 0.597. The molecular formula is C21H31NO3. The fourth-order valence-electron chi connectivity index (χ4n) is 2.88. The third-order valence-electron chi connectivity index (χ3n) is 5.28. The van der Waals surface area contributed by atoms with Crippen molar-refractivity contribution >= 4 is 5.69 Å². The Morgan fingerprint density at radius 3 is 1.60 bits per heavy atom. The van der Waals surface area contributed by atoms with Crippen molar-refractivity contribution in [2.24, 2.45) is 10.8 Å². The lowest BCUT2D eigenvalue weighted by Gasteiger charge is -2.42. The van der Waals surface area contributed by atoms with Crippen LogP contribution in [0, 0.1) is 10.8 Å². The molecule has 0 aliphatic carbocycles. The van der Waals surface area contributed by atoms with Crippen LogP contribution in [0.25, 0.3) is 0 Å². The second kappa shape index (κ2) is 7.42. The zero-order valence-electron chi connectivity index (χ0n) is 16.6. The van der Waals surface area contributed by atoms with Gasteiger partial charge in [0, 0.05) is 28.9 Å². The van der Waals surface area contributed by atoms with Gasteiger partial charge in [0.15, 0.2) is 0 Å². The average molecular weight is 345 g/mol. The molecule has 0 bridgehead atoms. The molecule has 138 valence electrons. The van der Waals surface area contributed by atoms with E-state index >= 15 is 0 Å². The predicted octanol–water partition coefficient (Wildman–Crippen LogP) is 5.32. The first-order valence-electron chi connectivity index (χ1n) is 8.90. The number of nitrogens with zero attached hydrogens (tertiary/aromatic N) is 1. The predicted molar refractivity (Wildman–Crippen MR) is 102 cm³/mol. The van der Waals surface area contributed by atoms with Gasteiger partial charge in [-0.3, -0.25) is 0 Å². The van der Waals surface area contributed by atoms with Crippen LogP contribution >= 0.6 is 0 Å². The fourth-order valence-corrected chi connectivity index (χ4v) is 2.88. The van der Waals surface area contributed by atoms with Gasteiger partial charge in [0.2, 0.25) is 0 Å². The molecule has 0 fully saturated rings. The van der Waals surface area contributed by atoms with E-state index in [-0.39, 0.29) is 10.8 Å². The molecule has 2 rings (SSSR count). The maximum Gasteiger partial charge on any atom is 0.119 e. The van der Waals surface area contributed by atoms with Crippen LogP contribution in [-0.2, 0) is 9.47 Å². The molecule has 0 aromatic heterocycles. The molecule has 0 saturated heterocycles. The Morgan fingerprint density at radius 2 is 1.24 bits per heavy atom. The minimum atomic E-state index is -0.217. The molecule has 0 unspecified atom stereocenters. The van der Waals surface area contributed by atoms with Crippen molar-refractivity contribution in [3.8, 4) is 5.75 Å². The highest BCUT2D eigenvalue weighted by Gasteiger charge is 2.47. The lowest BCUT2D eigenvalue weighted by molar-refractivity contribution is 0.0378. The molecule has 1 aliphatic rings. The summed E-state index contributed by atoms with van der Waals surface area (Å²) in [5, 5.41) is 0. The van der Waals surface area contributed by atoms with E-state index in [1.807, 2.05) is 38.1 Å². The van der Waals surface area contributed by atoms with Crippen molar-refractivity contribution in [3.05, 3.63) is 48.2 Å². The molecule has 0 spiro atoms. The molecule has 25 heavy (non-hydrogen) atoms. The first kappa shape index (κ1) is 19.2. The number of hydrogen-bond acceptors (Lipinski definition) is 4. The maximum atomic E-state index is 6.04. The highest BCUT2D eigenvalue weighted by Crippen LogP contribution is 2.51. The van der Waals surface area contributed by atoms with E-state index in [0.29, 0.717) is 13.2 Å². The largest absolute Gasteiger partial charge is 0.497 e. The van der Waals surface area contributed by atoms with Crippen LogP contribution in [0.1, 0.15) is 41.5 Å². The summed E-state index contributed by atoms with van der Waals surface area (Å²) in [4.78, 5) is 2.08. The van der Waals surface area contributed by atoms with Crippen LogP contribution in [-0.4, -0.2) is 20.3 Å². The fraction of sp³-hybridized carbons (Fsp3) is 0.524. The molecule has 0 amide bonds. The molecule has 1 aromatic carbocycles. The highest BCUT2D eigenvalue weighted by molar-refractivity contribution is 5.56. The second-order valence-electron chi connectivity index (χ2n) is 7.21. The molecule has 1 aliphatic heterocycles. The topological polar surface area (TPSA) is 30.9 Å². The number of methoxy groups -OCH3 is 1. The molecule has 0 N–H and O–H groups in total. The van der Waals surface area contributed by atoms with E-state index in [4.69, 9.17) is 14.2 Å². The Kier molecular flexibility index (Phi) is 5.71. The Balaban J connectivity index is 2.57. The molecule has 4 nitrogen and oxygen atoms in total. The smallest absolute Gasteiger partial charge is 0.119 e. The maximum absolute atomic E-state index is 6.04. The van der Waals surface area contributed by atoms with Crippen LogP contribution in [0.5, 0.6) is 5.75 Å². The van der Waals surface area contributed by atoms with Gasteiger partial charge in [0.1, 0.15) is 17.3 Å². The Hall–Kier alpha value is -2.10. The van der Waals surface area contributed by atoms with Crippen molar-refractivity contribution < 1.29 is 14.2 Å². The van der Waals surface area contributed by atoms with Gasteiger partial charge in [-0.1, -0.05) is 27.7 Å². The SMILES string of the molecule is CCOC1=CN(c2ccc(OC)cc2)C=C(OCC)C(C)(C)C1(C)C. The minimum absolute atomic E-state index is 0.217. The van der Waals surface area contributed by atoms with Gasteiger partial charge in [0.05, 0.1) is 20.3 Å². The van der Waals surface area contributed by atoms with E-state index in [1.165, 1.54) is 0 Å². The van der Waals surface area contributed by atoms with Gasteiger partial charge in [0.25, 0.3) is 0 Å². The Morgan fingerprint density at radius 1 is 0.800 bits per heavy atom. The molecule has 4 heteroatoms. The summed E-state index contributed by atoms with van der Waals surface area (Å²) in [7, 11) is 1.67. The Labute approximate surface area is 152 Å². The van der Waals surface area contributed by atoms with Gasteiger partial charge < -0.3 is 19.1 Å². The molecular weight excluding hydrogens is 314 g/mol. The molecule has 1 aromatic rings. The summed E-state index contributed by atoms with van der Waals surface area (Å²) in [6, 6.07) is 7.98. The van der Waals surface area contributed by atoms with Crippen LogP contribution in [0.3, 0.4) is 0 Å². The summed E-state index contributed by atoms with van der Waals surface area (Å²) >= 11 is 0. The standard InChI is InChI=1S/C21H31NO3/c1-8-24-18-14-22(16-10-12-17(23-7)13-11-16)15-19(25-9-2)21(5,6)20(18,3)4/h10-15H,8-9H2,1-7H3. The van der Waals surface area contributed by atoms with Crippen molar-refractivity contribution in [2.45, 2.75) is 41.5 Å². The van der Waals surface area contributed by atoms with Crippen LogP contribution < -0.4 is 9.64 Å². The monoisotopic (exact) mass is 345 g/mol. The minimum Gasteiger partial charge on any atom is -0.497 e. The van der Waals surface area contributed by atoms with Crippen LogP contribution in [0.2, 0.25) is 0 Å². The third kappa shape index (κ3) is 3.63. The number of benzene rings is 1. The molecule has 0 radical (unpaired) electrons. The number of allylic oxidation sites excluding steroid dienone is 2. The van der Waals surface area contributed by atoms with Crippen LogP contribution in [0.15, 0.2) is 48.2 Å². The highest BCUT2D eigenvalue weighted by atomic mass is 16.5. The normalized spacial score (nSPS) is 18.8. The van der Waals surface area contributed by atoms with E-state index in [9.17, 15) is 0 Å². The Bertz CT molecular complexity index is 608. The zero-order chi connectivity index (χ0) is 18.7. The van der Waals surface area contributed by atoms with Crippen LogP contribution in [0.4, 0.5) is 5.69 Å². The lowest BCUT2D eigenvalue weighted by Crippen LogP contribution is -2.37. The molecule has 0 atom stereocenters. The summed E-state index contributed by atoms with van der Waals surface area (Å²) in [6.07, 6.45) is 4.14. The van der Waals surface area contributed by atoms with Gasteiger partial charge in [-0.25, -0.2) is 0 Å². The van der Waals surface area contributed by atoms with E-state index in [2.05, 4.69) is 45.0 Å². The van der Waals surface area contributed by atoms with Crippen molar-refractivity contribution in [3.63, 3.8) is 0 Å². The molecule has 1 heterocycles. The zero-order valence-corrected chi connectivity index (χ0v) is 16.6.